The Morgan fingerprint density at radius 3 is 3.15 bits per heavy atom. The van der Waals surface area contributed by atoms with Crippen molar-refractivity contribution in [1.29, 1.82) is 0 Å². The number of thiophene rings is 1. The minimum absolute atomic E-state index is 0.0530. The number of carbonyl (C=O) groups excluding carboxylic acids is 1. The minimum Gasteiger partial charge on any atom is -0.349 e. The summed E-state index contributed by atoms with van der Waals surface area (Å²) in [5.74, 6) is -0.158. The SMILES string of the molecule is CC(Cc1cccs1)NC(=O)c1cccn2nnnc12. The summed E-state index contributed by atoms with van der Waals surface area (Å²) in [6, 6.07) is 7.60. The molecular formula is C13H13N5OS. The van der Waals surface area contributed by atoms with E-state index in [-0.39, 0.29) is 11.9 Å². The fourth-order valence-corrected chi connectivity index (χ4v) is 2.86. The Hall–Kier alpha value is -2.28. The van der Waals surface area contributed by atoms with Crippen molar-refractivity contribution in [2.24, 2.45) is 0 Å². The molecule has 0 aliphatic carbocycles. The van der Waals surface area contributed by atoms with E-state index in [9.17, 15) is 4.79 Å². The van der Waals surface area contributed by atoms with Gasteiger partial charge in [-0.2, -0.15) is 4.52 Å². The molecule has 0 bridgehead atoms. The second kappa shape index (κ2) is 5.38. The topological polar surface area (TPSA) is 72.2 Å². The number of rotatable bonds is 4. The van der Waals surface area contributed by atoms with Crippen LogP contribution in [0.25, 0.3) is 5.65 Å². The van der Waals surface area contributed by atoms with Crippen molar-refractivity contribution in [3.05, 3.63) is 46.3 Å². The average Bonchev–Trinajstić information content (AvgIpc) is 3.08. The van der Waals surface area contributed by atoms with Crippen molar-refractivity contribution < 1.29 is 4.79 Å². The van der Waals surface area contributed by atoms with Crippen LogP contribution < -0.4 is 5.32 Å². The van der Waals surface area contributed by atoms with Crippen LogP contribution >= 0.6 is 11.3 Å². The lowest BCUT2D eigenvalue weighted by molar-refractivity contribution is 0.0941. The van der Waals surface area contributed by atoms with Gasteiger partial charge in [0.15, 0.2) is 5.65 Å². The minimum atomic E-state index is -0.158. The number of nitrogens with zero attached hydrogens (tertiary/aromatic N) is 4. The van der Waals surface area contributed by atoms with E-state index in [0.29, 0.717) is 11.2 Å². The lowest BCUT2D eigenvalue weighted by Gasteiger charge is -2.13. The molecule has 102 valence electrons. The molecule has 0 saturated carbocycles. The molecule has 20 heavy (non-hydrogen) atoms. The number of pyridine rings is 1. The molecule has 1 N–H and O–H groups in total. The molecule has 1 atom stereocenters. The molecule has 0 aromatic carbocycles. The lowest BCUT2D eigenvalue weighted by atomic mass is 10.2. The zero-order valence-corrected chi connectivity index (χ0v) is 11.7. The highest BCUT2D eigenvalue weighted by molar-refractivity contribution is 7.09. The third kappa shape index (κ3) is 2.53. The Labute approximate surface area is 119 Å². The van der Waals surface area contributed by atoms with E-state index in [4.69, 9.17) is 0 Å². The summed E-state index contributed by atoms with van der Waals surface area (Å²) in [5, 5.41) is 16.2. The van der Waals surface area contributed by atoms with Gasteiger partial charge in [0, 0.05) is 23.5 Å². The molecule has 3 aromatic rings. The van der Waals surface area contributed by atoms with E-state index in [1.807, 2.05) is 18.4 Å². The molecule has 0 spiro atoms. The van der Waals surface area contributed by atoms with Crippen molar-refractivity contribution in [1.82, 2.24) is 25.4 Å². The molecule has 3 heterocycles. The van der Waals surface area contributed by atoms with Gasteiger partial charge in [-0.1, -0.05) is 6.07 Å². The Kier molecular flexibility index (Phi) is 3.42. The third-order valence-corrected chi connectivity index (χ3v) is 3.83. The van der Waals surface area contributed by atoms with E-state index < -0.39 is 0 Å². The second-order valence-electron chi connectivity index (χ2n) is 4.53. The van der Waals surface area contributed by atoms with Gasteiger partial charge < -0.3 is 5.32 Å². The van der Waals surface area contributed by atoms with E-state index in [1.165, 1.54) is 9.39 Å². The van der Waals surface area contributed by atoms with Gasteiger partial charge in [-0.15, -0.1) is 16.4 Å². The van der Waals surface area contributed by atoms with Gasteiger partial charge in [-0.25, -0.2) is 0 Å². The van der Waals surface area contributed by atoms with Gasteiger partial charge in [0.05, 0.1) is 5.56 Å². The summed E-state index contributed by atoms with van der Waals surface area (Å²) in [5.41, 5.74) is 0.948. The smallest absolute Gasteiger partial charge is 0.255 e. The first-order valence-electron chi connectivity index (χ1n) is 6.24. The zero-order valence-electron chi connectivity index (χ0n) is 10.9. The van der Waals surface area contributed by atoms with Gasteiger partial charge in [-0.05, 0) is 40.9 Å². The molecule has 0 fully saturated rings. The van der Waals surface area contributed by atoms with Crippen LogP contribution in [-0.2, 0) is 6.42 Å². The Balaban J connectivity index is 1.74. The first-order chi connectivity index (χ1) is 9.74. The predicted molar refractivity (Wildman–Crippen MR) is 75.7 cm³/mol. The first-order valence-corrected chi connectivity index (χ1v) is 7.12. The number of carbonyl (C=O) groups is 1. The van der Waals surface area contributed by atoms with Crippen LogP contribution in [0.2, 0.25) is 0 Å². The summed E-state index contributed by atoms with van der Waals surface area (Å²) >= 11 is 1.69. The van der Waals surface area contributed by atoms with Gasteiger partial charge in [-0.3, -0.25) is 4.79 Å². The van der Waals surface area contributed by atoms with Gasteiger partial charge in [0.1, 0.15) is 0 Å². The lowest BCUT2D eigenvalue weighted by Crippen LogP contribution is -2.34. The normalized spacial score (nSPS) is 12.4. The van der Waals surface area contributed by atoms with E-state index in [1.54, 1.807) is 29.7 Å². The Bertz CT molecular complexity index is 721. The van der Waals surface area contributed by atoms with Crippen molar-refractivity contribution in [2.75, 3.05) is 0 Å². The van der Waals surface area contributed by atoms with Crippen LogP contribution in [0.1, 0.15) is 22.2 Å². The highest BCUT2D eigenvalue weighted by Crippen LogP contribution is 2.12. The standard InChI is InChI=1S/C13H13N5OS/c1-9(8-10-4-3-7-20-10)14-13(19)11-5-2-6-18-12(11)15-16-17-18/h2-7,9H,8H2,1H3,(H,14,19). The van der Waals surface area contributed by atoms with Crippen LogP contribution in [0.3, 0.4) is 0 Å². The van der Waals surface area contributed by atoms with E-state index in [2.05, 4.69) is 26.9 Å². The number of fused-ring (bicyclic) bond motifs is 1. The summed E-state index contributed by atoms with van der Waals surface area (Å²) in [6.45, 7) is 1.99. The fourth-order valence-electron chi connectivity index (χ4n) is 2.03. The quantitative estimate of drug-likeness (QED) is 0.790. The number of amides is 1. The first kappa shape index (κ1) is 12.7. The number of nitrogens with one attached hydrogen (secondary N) is 1. The second-order valence-corrected chi connectivity index (χ2v) is 5.56. The van der Waals surface area contributed by atoms with Gasteiger partial charge in [0.25, 0.3) is 5.91 Å². The maximum Gasteiger partial charge on any atom is 0.255 e. The van der Waals surface area contributed by atoms with E-state index in [0.717, 1.165) is 6.42 Å². The molecule has 1 unspecified atom stereocenters. The highest BCUT2D eigenvalue weighted by atomic mass is 32.1. The van der Waals surface area contributed by atoms with Crippen LogP contribution in [0.5, 0.6) is 0 Å². The van der Waals surface area contributed by atoms with Crippen molar-refractivity contribution in [2.45, 2.75) is 19.4 Å². The number of aromatic nitrogens is 4. The number of hydrogen-bond donors (Lipinski definition) is 1. The Morgan fingerprint density at radius 2 is 2.35 bits per heavy atom. The predicted octanol–water partition coefficient (Wildman–Crippen LogP) is 1.55. The average molecular weight is 287 g/mol. The van der Waals surface area contributed by atoms with Crippen molar-refractivity contribution in [3.8, 4) is 0 Å². The van der Waals surface area contributed by atoms with Crippen molar-refractivity contribution >= 4 is 22.9 Å². The molecule has 1 amide bonds. The van der Waals surface area contributed by atoms with Crippen molar-refractivity contribution in [3.63, 3.8) is 0 Å². The summed E-state index contributed by atoms with van der Waals surface area (Å²) in [4.78, 5) is 13.5. The number of hydrogen-bond acceptors (Lipinski definition) is 5. The largest absolute Gasteiger partial charge is 0.349 e. The summed E-state index contributed by atoms with van der Waals surface area (Å²) in [7, 11) is 0. The zero-order chi connectivity index (χ0) is 13.9. The molecule has 0 aliphatic heterocycles. The Morgan fingerprint density at radius 1 is 1.45 bits per heavy atom. The molecule has 0 aliphatic rings. The van der Waals surface area contributed by atoms with Crippen LogP contribution in [0, 0.1) is 0 Å². The molecule has 3 aromatic heterocycles. The van der Waals surface area contributed by atoms with Crippen LogP contribution in [-0.4, -0.2) is 32.0 Å². The summed E-state index contributed by atoms with van der Waals surface area (Å²) in [6.07, 6.45) is 2.53. The molecule has 3 rings (SSSR count). The van der Waals surface area contributed by atoms with Crippen LogP contribution in [0.4, 0.5) is 0 Å². The highest BCUT2D eigenvalue weighted by Gasteiger charge is 2.15. The summed E-state index contributed by atoms with van der Waals surface area (Å²) < 4.78 is 1.48. The molecule has 7 heteroatoms. The van der Waals surface area contributed by atoms with Crippen LogP contribution in [0.15, 0.2) is 35.8 Å². The molecular weight excluding hydrogens is 274 g/mol. The van der Waals surface area contributed by atoms with Gasteiger partial charge in [0.2, 0.25) is 0 Å². The van der Waals surface area contributed by atoms with Gasteiger partial charge >= 0.3 is 0 Å². The monoisotopic (exact) mass is 287 g/mol. The maximum atomic E-state index is 12.3. The fraction of sp³-hybridized carbons (Fsp3) is 0.231. The third-order valence-electron chi connectivity index (χ3n) is 2.93. The molecule has 6 nitrogen and oxygen atoms in total. The van der Waals surface area contributed by atoms with E-state index >= 15 is 0 Å². The number of tetrazole rings is 1. The molecule has 0 saturated heterocycles. The maximum absolute atomic E-state index is 12.3. The molecule has 0 radical (unpaired) electrons.